The third kappa shape index (κ3) is 3.78. The molecule has 2 amide bonds. The van der Waals surface area contributed by atoms with Crippen molar-refractivity contribution in [1.29, 1.82) is 0 Å². The average Bonchev–Trinajstić information content (AvgIpc) is 2.46. The van der Waals surface area contributed by atoms with Crippen LogP contribution in [-0.4, -0.2) is 41.0 Å². The smallest absolute Gasteiger partial charge is 0.257 e. The Morgan fingerprint density at radius 1 is 1.36 bits per heavy atom. The highest BCUT2D eigenvalue weighted by atomic mass is 16.3. The number of likely N-dealkylation sites (tertiary alicyclic amines) is 1. The Labute approximate surface area is 131 Å². The lowest BCUT2D eigenvalue weighted by Gasteiger charge is -2.33. The first-order valence-electron chi connectivity index (χ1n) is 7.77. The van der Waals surface area contributed by atoms with E-state index in [1.165, 1.54) is 0 Å². The van der Waals surface area contributed by atoms with Crippen LogP contribution in [0.3, 0.4) is 0 Å². The average molecular weight is 304 g/mol. The Morgan fingerprint density at radius 3 is 2.73 bits per heavy atom. The second-order valence-corrected chi connectivity index (χ2v) is 6.27. The fourth-order valence-electron chi connectivity index (χ4n) is 2.64. The molecule has 1 aromatic carbocycles. The molecular weight excluding hydrogens is 280 g/mol. The lowest BCUT2D eigenvalue weighted by Crippen LogP contribution is -2.50. The molecule has 1 heterocycles. The largest absolute Gasteiger partial charge is 0.507 e. The Hall–Kier alpha value is -2.04. The summed E-state index contributed by atoms with van der Waals surface area (Å²) in [5, 5.41) is 12.9. The molecule has 5 heteroatoms. The molecule has 1 aliphatic rings. The van der Waals surface area contributed by atoms with Crippen LogP contribution >= 0.6 is 0 Å². The van der Waals surface area contributed by atoms with Crippen molar-refractivity contribution in [2.24, 2.45) is 5.92 Å². The second kappa shape index (κ2) is 6.81. The minimum atomic E-state index is -0.180. The van der Waals surface area contributed by atoms with E-state index in [0.29, 0.717) is 18.7 Å². The first-order chi connectivity index (χ1) is 10.4. The van der Waals surface area contributed by atoms with Gasteiger partial charge in [0.2, 0.25) is 5.91 Å². The van der Waals surface area contributed by atoms with Crippen molar-refractivity contribution in [1.82, 2.24) is 10.2 Å². The molecule has 2 N–H and O–H groups in total. The molecule has 1 atom stereocenters. The molecule has 5 nitrogen and oxygen atoms in total. The lowest BCUT2D eigenvalue weighted by molar-refractivity contribution is -0.125. The van der Waals surface area contributed by atoms with Crippen molar-refractivity contribution in [2.75, 3.05) is 13.1 Å². The zero-order chi connectivity index (χ0) is 16.3. The van der Waals surface area contributed by atoms with Gasteiger partial charge in [0, 0.05) is 25.0 Å². The fourth-order valence-corrected chi connectivity index (χ4v) is 2.64. The van der Waals surface area contributed by atoms with E-state index in [-0.39, 0.29) is 29.5 Å². The Kier molecular flexibility index (Phi) is 5.06. The van der Waals surface area contributed by atoms with Crippen LogP contribution in [0.5, 0.6) is 5.75 Å². The van der Waals surface area contributed by atoms with Gasteiger partial charge in [0.1, 0.15) is 5.75 Å². The zero-order valence-electron chi connectivity index (χ0n) is 13.4. The van der Waals surface area contributed by atoms with Crippen LogP contribution in [0.4, 0.5) is 0 Å². The van der Waals surface area contributed by atoms with Crippen molar-refractivity contribution in [3.63, 3.8) is 0 Å². The number of phenolic OH excluding ortho intramolecular Hbond substituents is 1. The van der Waals surface area contributed by atoms with E-state index in [9.17, 15) is 14.7 Å². The van der Waals surface area contributed by atoms with Crippen molar-refractivity contribution in [3.05, 3.63) is 29.3 Å². The van der Waals surface area contributed by atoms with Gasteiger partial charge in [0.25, 0.3) is 5.91 Å². The van der Waals surface area contributed by atoms with Gasteiger partial charge in [0.05, 0.1) is 5.56 Å². The highest BCUT2D eigenvalue weighted by molar-refractivity contribution is 5.97. The first-order valence-corrected chi connectivity index (χ1v) is 7.77. The summed E-state index contributed by atoms with van der Waals surface area (Å²) in [5.41, 5.74) is 1.23. The molecule has 0 radical (unpaired) electrons. The molecule has 2 rings (SSSR count). The monoisotopic (exact) mass is 304 g/mol. The SMILES string of the molecule is Cc1ccc(C(=O)N2CCC[C@@H](NC(=O)C(C)C)C2)c(O)c1. The summed E-state index contributed by atoms with van der Waals surface area (Å²) in [6, 6.07) is 5.05. The molecule has 1 aliphatic heterocycles. The predicted molar refractivity (Wildman–Crippen MR) is 84.8 cm³/mol. The molecule has 0 unspecified atom stereocenters. The van der Waals surface area contributed by atoms with E-state index in [1.54, 1.807) is 17.0 Å². The van der Waals surface area contributed by atoms with Gasteiger partial charge in [-0.25, -0.2) is 0 Å². The van der Waals surface area contributed by atoms with Gasteiger partial charge >= 0.3 is 0 Å². The number of rotatable bonds is 3. The maximum atomic E-state index is 12.6. The highest BCUT2D eigenvalue weighted by Crippen LogP contribution is 2.22. The van der Waals surface area contributed by atoms with Gasteiger partial charge in [-0.3, -0.25) is 9.59 Å². The number of phenols is 1. The van der Waals surface area contributed by atoms with Crippen LogP contribution in [0.1, 0.15) is 42.6 Å². The summed E-state index contributed by atoms with van der Waals surface area (Å²) >= 11 is 0. The van der Waals surface area contributed by atoms with Gasteiger partial charge in [-0.2, -0.15) is 0 Å². The second-order valence-electron chi connectivity index (χ2n) is 6.27. The Balaban J connectivity index is 2.05. The van der Waals surface area contributed by atoms with Gasteiger partial charge in [-0.15, -0.1) is 0 Å². The summed E-state index contributed by atoms with van der Waals surface area (Å²) in [4.78, 5) is 26.1. The fraction of sp³-hybridized carbons (Fsp3) is 0.529. The van der Waals surface area contributed by atoms with Crippen LogP contribution < -0.4 is 5.32 Å². The molecule has 0 aliphatic carbocycles. The van der Waals surface area contributed by atoms with E-state index < -0.39 is 0 Å². The normalized spacial score (nSPS) is 18.4. The van der Waals surface area contributed by atoms with Crippen LogP contribution in [0.15, 0.2) is 18.2 Å². The molecule has 1 aromatic rings. The molecule has 22 heavy (non-hydrogen) atoms. The summed E-state index contributed by atoms with van der Waals surface area (Å²) < 4.78 is 0. The topological polar surface area (TPSA) is 69.6 Å². The van der Waals surface area contributed by atoms with Gasteiger partial charge in [-0.05, 0) is 37.5 Å². The number of amides is 2. The summed E-state index contributed by atoms with van der Waals surface area (Å²) in [6.45, 7) is 6.72. The standard InChI is InChI=1S/C17H24N2O3/c1-11(2)16(21)18-13-5-4-8-19(10-13)17(22)14-7-6-12(3)9-15(14)20/h6-7,9,11,13,20H,4-5,8,10H2,1-3H3,(H,18,21)/t13-/m1/s1. The molecule has 0 spiro atoms. The van der Waals surface area contributed by atoms with E-state index in [1.807, 2.05) is 26.8 Å². The van der Waals surface area contributed by atoms with Gasteiger partial charge < -0.3 is 15.3 Å². The Morgan fingerprint density at radius 2 is 2.09 bits per heavy atom. The molecule has 0 saturated carbocycles. The maximum Gasteiger partial charge on any atom is 0.257 e. The number of carbonyl (C=O) groups excluding carboxylic acids is 2. The lowest BCUT2D eigenvalue weighted by atomic mass is 10.0. The van der Waals surface area contributed by atoms with Crippen LogP contribution in [0.25, 0.3) is 0 Å². The van der Waals surface area contributed by atoms with Crippen LogP contribution in [0.2, 0.25) is 0 Å². The number of nitrogens with one attached hydrogen (secondary N) is 1. The number of hydrogen-bond donors (Lipinski definition) is 2. The number of piperidine rings is 1. The zero-order valence-corrected chi connectivity index (χ0v) is 13.4. The number of carbonyl (C=O) groups is 2. The van der Waals surface area contributed by atoms with Crippen molar-refractivity contribution in [3.8, 4) is 5.75 Å². The van der Waals surface area contributed by atoms with Crippen LogP contribution in [-0.2, 0) is 4.79 Å². The van der Waals surface area contributed by atoms with E-state index in [2.05, 4.69) is 5.32 Å². The number of aryl methyl sites for hydroxylation is 1. The van der Waals surface area contributed by atoms with Crippen LogP contribution in [0, 0.1) is 12.8 Å². The van der Waals surface area contributed by atoms with Crippen molar-refractivity contribution in [2.45, 2.75) is 39.7 Å². The third-order valence-electron chi connectivity index (χ3n) is 3.96. The predicted octanol–water partition coefficient (Wildman–Crippen LogP) is 2.08. The summed E-state index contributed by atoms with van der Waals surface area (Å²) in [7, 11) is 0. The number of nitrogens with zero attached hydrogens (tertiary/aromatic N) is 1. The number of benzene rings is 1. The molecule has 1 fully saturated rings. The van der Waals surface area contributed by atoms with Crippen molar-refractivity contribution < 1.29 is 14.7 Å². The van der Waals surface area contributed by atoms with Crippen molar-refractivity contribution >= 4 is 11.8 Å². The molecular formula is C17H24N2O3. The van der Waals surface area contributed by atoms with E-state index in [0.717, 1.165) is 18.4 Å². The third-order valence-corrected chi connectivity index (χ3v) is 3.96. The molecule has 1 saturated heterocycles. The summed E-state index contributed by atoms with van der Waals surface area (Å²) in [6.07, 6.45) is 1.73. The highest BCUT2D eigenvalue weighted by Gasteiger charge is 2.27. The molecule has 0 aromatic heterocycles. The molecule has 120 valence electrons. The minimum absolute atomic E-state index is 0.0116. The summed E-state index contributed by atoms with van der Waals surface area (Å²) in [5.74, 6) is -0.218. The number of hydrogen-bond acceptors (Lipinski definition) is 3. The van der Waals surface area contributed by atoms with Gasteiger partial charge in [0.15, 0.2) is 0 Å². The van der Waals surface area contributed by atoms with E-state index in [4.69, 9.17) is 0 Å². The Bertz CT molecular complexity index is 569. The number of aromatic hydroxyl groups is 1. The van der Waals surface area contributed by atoms with Gasteiger partial charge in [-0.1, -0.05) is 19.9 Å². The maximum absolute atomic E-state index is 12.6. The quantitative estimate of drug-likeness (QED) is 0.898. The minimum Gasteiger partial charge on any atom is -0.507 e. The molecule has 0 bridgehead atoms. The first kappa shape index (κ1) is 16.3. The van der Waals surface area contributed by atoms with E-state index >= 15 is 0 Å².